The van der Waals surface area contributed by atoms with Crippen LogP contribution < -0.4 is 14.2 Å². The van der Waals surface area contributed by atoms with Crippen molar-refractivity contribution in [2.24, 2.45) is 0 Å². The summed E-state index contributed by atoms with van der Waals surface area (Å²) >= 11 is 0. The lowest BCUT2D eigenvalue weighted by Gasteiger charge is -2.25. The number of methoxy groups -OCH3 is 2. The van der Waals surface area contributed by atoms with Crippen molar-refractivity contribution < 1.29 is 23.7 Å². The Hall–Kier alpha value is -2.95. The van der Waals surface area contributed by atoms with Crippen molar-refractivity contribution in [1.82, 2.24) is 0 Å². The third kappa shape index (κ3) is 11.6. The average molecular weight is 525 g/mol. The summed E-state index contributed by atoms with van der Waals surface area (Å²) in [5.74, 6) is 2.01. The number of unbranched alkanes of at least 4 members (excludes halogenated alkanes) is 7. The number of rotatable bonds is 17. The van der Waals surface area contributed by atoms with Gasteiger partial charge in [-0.15, -0.1) is 0 Å². The molecule has 2 aromatic rings. The number of carbonyl (C=O) groups excluding carboxylic acids is 1. The highest BCUT2D eigenvalue weighted by atomic mass is 16.6. The normalized spacial score (nSPS) is 12.4. The average Bonchev–Trinajstić information content (AvgIpc) is 2.91. The van der Waals surface area contributed by atoms with Gasteiger partial charge in [0.25, 0.3) is 0 Å². The Kier molecular flexibility index (Phi) is 13.8. The van der Waals surface area contributed by atoms with Gasteiger partial charge in [-0.1, -0.05) is 84.8 Å². The molecule has 0 heterocycles. The van der Waals surface area contributed by atoms with E-state index in [9.17, 15) is 4.79 Å². The molecule has 0 spiro atoms. The molecule has 2 aromatic carbocycles. The highest BCUT2D eigenvalue weighted by Gasteiger charge is 2.22. The molecule has 1 unspecified atom stereocenters. The fraction of sp³-hybridized carbons (Fsp3) is 0.545. The Morgan fingerprint density at radius 1 is 0.842 bits per heavy atom. The van der Waals surface area contributed by atoms with Crippen LogP contribution in [0.2, 0.25) is 0 Å². The lowest BCUT2D eigenvalue weighted by molar-refractivity contribution is -0.144. The largest absolute Gasteiger partial charge is 0.497 e. The van der Waals surface area contributed by atoms with E-state index in [2.05, 4.69) is 27.7 Å². The first-order valence-electron chi connectivity index (χ1n) is 14.1. The summed E-state index contributed by atoms with van der Waals surface area (Å²) in [6, 6.07) is 13.4. The van der Waals surface area contributed by atoms with E-state index in [1.54, 1.807) is 20.3 Å². The summed E-state index contributed by atoms with van der Waals surface area (Å²) < 4.78 is 22.8. The van der Waals surface area contributed by atoms with E-state index in [-0.39, 0.29) is 17.5 Å². The van der Waals surface area contributed by atoms with E-state index in [0.717, 1.165) is 47.6 Å². The van der Waals surface area contributed by atoms with Gasteiger partial charge >= 0.3 is 5.97 Å². The van der Waals surface area contributed by atoms with Crippen LogP contribution in [-0.2, 0) is 14.9 Å². The lowest BCUT2D eigenvalue weighted by atomic mass is 9.86. The van der Waals surface area contributed by atoms with Gasteiger partial charge < -0.3 is 18.9 Å². The van der Waals surface area contributed by atoms with Crippen LogP contribution in [-0.4, -0.2) is 32.9 Å². The van der Waals surface area contributed by atoms with Crippen LogP contribution in [0.5, 0.6) is 17.2 Å². The summed E-state index contributed by atoms with van der Waals surface area (Å²) in [4.78, 5) is 12.7. The molecule has 2 rings (SSSR count). The van der Waals surface area contributed by atoms with Gasteiger partial charge in [0.2, 0.25) is 0 Å². The molecule has 210 valence electrons. The van der Waals surface area contributed by atoms with E-state index in [0.29, 0.717) is 6.61 Å². The first-order valence-corrected chi connectivity index (χ1v) is 14.1. The van der Waals surface area contributed by atoms with Crippen molar-refractivity contribution in [3.8, 4) is 17.2 Å². The van der Waals surface area contributed by atoms with E-state index < -0.39 is 0 Å². The molecule has 0 bridgehead atoms. The quantitative estimate of drug-likeness (QED) is 0.118. The zero-order chi connectivity index (χ0) is 27.8. The number of carbonyl (C=O) groups is 1. The predicted octanol–water partition coefficient (Wildman–Crippen LogP) is 8.54. The van der Waals surface area contributed by atoms with Crippen molar-refractivity contribution in [3.05, 3.63) is 59.7 Å². The van der Waals surface area contributed by atoms with Gasteiger partial charge in [0.15, 0.2) is 0 Å². The second-order valence-electron chi connectivity index (χ2n) is 10.9. The van der Waals surface area contributed by atoms with Gasteiger partial charge in [-0.05, 0) is 60.2 Å². The molecule has 5 nitrogen and oxygen atoms in total. The van der Waals surface area contributed by atoms with Crippen molar-refractivity contribution in [2.75, 3.05) is 20.8 Å². The number of esters is 1. The van der Waals surface area contributed by atoms with Crippen LogP contribution in [0, 0.1) is 0 Å². The summed E-state index contributed by atoms with van der Waals surface area (Å²) in [5.41, 5.74) is 1.86. The second kappa shape index (κ2) is 16.8. The maximum absolute atomic E-state index is 12.7. The molecule has 0 aromatic heterocycles. The fourth-order valence-electron chi connectivity index (χ4n) is 4.30. The van der Waals surface area contributed by atoms with Crippen molar-refractivity contribution >= 4 is 12.0 Å². The van der Waals surface area contributed by atoms with Gasteiger partial charge in [-0.3, -0.25) is 0 Å². The number of hydrogen-bond acceptors (Lipinski definition) is 5. The molecule has 38 heavy (non-hydrogen) atoms. The Labute approximate surface area is 230 Å². The SMILES string of the molecule is CCCCCCCCCCC(COc1ccc(OC)cc1C(C)(C)C)OC(=O)/C=C/c1ccc(OC)cc1. The standard InChI is InChI=1S/C33H48O5/c1-7-8-9-10-11-12-13-14-15-29(38-32(34)23-18-26-16-19-27(35-5)20-17-26)25-37-31-22-21-28(36-6)24-30(31)33(2,3)4/h16-24,29H,7-15,25H2,1-6H3/b23-18+. The molecule has 0 saturated heterocycles. The molecule has 1 atom stereocenters. The summed E-state index contributed by atoms with van der Waals surface area (Å²) in [6.07, 6.45) is 13.5. The van der Waals surface area contributed by atoms with Crippen LogP contribution in [0.15, 0.2) is 48.5 Å². The lowest BCUT2D eigenvalue weighted by Crippen LogP contribution is -2.25. The van der Waals surface area contributed by atoms with Crippen LogP contribution >= 0.6 is 0 Å². The molecule has 0 N–H and O–H groups in total. The minimum absolute atomic E-state index is 0.116. The van der Waals surface area contributed by atoms with Crippen molar-refractivity contribution in [2.45, 2.75) is 97.0 Å². The summed E-state index contributed by atoms with van der Waals surface area (Å²) in [6.45, 7) is 9.00. The van der Waals surface area contributed by atoms with Crippen molar-refractivity contribution in [3.63, 3.8) is 0 Å². The maximum Gasteiger partial charge on any atom is 0.331 e. The molecular formula is C33H48O5. The third-order valence-electron chi connectivity index (χ3n) is 6.61. The van der Waals surface area contributed by atoms with Gasteiger partial charge in [0.1, 0.15) is 30.0 Å². The molecule has 5 heteroatoms. The van der Waals surface area contributed by atoms with Gasteiger partial charge in [-0.25, -0.2) is 4.79 Å². The molecule has 0 amide bonds. The van der Waals surface area contributed by atoms with Crippen LogP contribution in [0.3, 0.4) is 0 Å². The number of ether oxygens (including phenoxy) is 4. The highest BCUT2D eigenvalue weighted by Crippen LogP contribution is 2.34. The number of hydrogen-bond donors (Lipinski definition) is 0. The highest BCUT2D eigenvalue weighted by molar-refractivity contribution is 5.87. The monoisotopic (exact) mass is 524 g/mol. The predicted molar refractivity (Wildman–Crippen MR) is 156 cm³/mol. The van der Waals surface area contributed by atoms with E-state index >= 15 is 0 Å². The molecule has 0 saturated carbocycles. The third-order valence-corrected chi connectivity index (χ3v) is 6.61. The van der Waals surface area contributed by atoms with Crippen LogP contribution in [0.25, 0.3) is 6.08 Å². The van der Waals surface area contributed by atoms with Crippen molar-refractivity contribution in [1.29, 1.82) is 0 Å². The Morgan fingerprint density at radius 2 is 1.45 bits per heavy atom. The Morgan fingerprint density at radius 3 is 2.05 bits per heavy atom. The zero-order valence-corrected chi connectivity index (χ0v) is 24.4. The maximum atomic E-state index is 12.7. The van der Waals surface area contributed by atoms with E-state index in [4.69, 9.17) is 18.9 Å². The first-order chi connectivity index (χ1) is 18.3. The van der Waals surface area contributed by atoms with Gasteiger partial charge in [-0.2, -0.15) is 0 Å². The molecule has 0 aliphatic rings. The molecule has 0 radical (unpaired) electrons. The number of benzene rings is 2. The topological polar surface area (TPSA) is 54.0 Å². The smallest absolute Gasteiger partial charge is 0.331 e. The first kappa shape index (κ1) is 31.3. The van der Waals surface area contributed by atoms with Gasteiger partial charge in [0.05, 0.1) is 14.2 Å². The molecule has 0 aliphatic carbocycles. The summed E-state index contributed by atoms with van der Waals surface area (Å²) in [5, 5.41) is 0. The Balaban J connectivity index is 2.01. The fourth-order valence-corrected chi connectivity index (χ4v) is 4.30. The minimum atomic E-state index is -0.361. The zero-order valence-electron chi connectivity index (χ0n) is 24.4. The Bertz CT molecular complexity index is 972. The molecular weight excluding hydrogens is 476 g/mol. The molecule has 0 fully saturated rings. The van der Waals surface area contributed by atoms with E-state index in [1.165, 1.54) is 44.6 Å². The second-order valence-corrected chi connectivity index (χ2v) is 10.9. The van der Waals surface area contributed by atoms with Crippen LogP contribution in [0.4, 0.5) is 0 Å². The van der Waals surface area contributed by atoms with E-state index in [1.807, 2.05) is 42.5 Å². The minimum Gasteiger partial charge on any atom is -0.497 e. The molecule has 0 aliphatic heterocycles. The van der Waals surface area contributed by atoms with Crippen LogP contribution in [0.1, 0.15) is 96.6 Å². The van der Waals surface area contributed by atoms with Gasteiger partial charge in [0, 0.05) is 11.6 Å². The summed E-state index contributed by atoms with van der Waals surface area (Å²) in [7, 11) is 3.30.